The number of likely N-dealkylation sites (N-methyl/N-ethyl adjacent to an activating group) is 1. The van der Waals surface area contributed by atoms with E-state index in [4.69, 9.17) is 0 Å². The van der Waals surface area contributed by atoms with Crippen LogP contribution in [0.1, 0.15) is 12.5 Å². The summed E-state index contributed by atoms with van der Waals surface area (Å²) in [5.41, 5.74) is 1.81. The molecule has 1 unspecified atom stereocenters. The van der Waals surface area contributed by atoms with E-state index in [9.17, 15) is 10.1 Å². The second kappa shape index (κ2) is 6.87. The smallest absolute Gasteiger partial charge is 0.272 e. The Labute approximate surface area is 125 Å². The summed E-state index contributed by atoms with van der Waals surface area (Å²) in [5.74, 6) is 0. The highest BCUT2D eigenvalue weighted by atomic mass is 16.6. The van der Waals surface area contributed by atoms with Crippen LogP contribution in [-0.2, 0) is 0 Å². The lowest BCUT2D eigenvalue weighted by molar-refractivity contribution is -0.385. The molecule has 0 bridgehead atoms. The molecule has 1 aromatic rings. The summed E-state index contributed by atoms with van der Waals surface area (Å²) in [6, 6.07) is 5.64. The predicted molar refractivity (Wildman–Crippen MR) is 84.9 cm³/mol. The van der Waals surface area contributed by atoms with Gasteiger partial charge in [-0.2, -0.15) is 0 Å². The van der Waals surface area contributed by atoms with E-state index in [0.717, 1.165) is 38.4 Å². The van der Waals surface area contributed by atoms with Crippen molar-refractivity contribution in [1.29, 1.82) is 0 Å². The number of nitro groups is 1. The van der Waals surface area contributed by atoms with Crippen molar-refractivity contribution in [2.45, 2.75) is 19.9 Å². The van der Waals surface area contributed by atoms with Gasteiger partial charge in [0.1, 0.15) is 0 Å². The first-order valence-electron chi connectivity index (χ1n) is 7.39. The van der Waals surface area contributed by atoms with Crippen LogP contribution in [0.5, 0.6) is 0 Å². The number of hydrogen-bond acceptors (Lipinski definition) is 5. The van der Waals surface area contributed by atoms with Crippen LogP contribution < -0.4 is 5.32 Å². The van der Waals surface area contributed by atoms with Crippen molar-refractivity contribution in [2.24, 2.45) is 0 Å². The minimum atomic E-state index is -0.341. The average molecular weight is 292 g/mol. The standard InChI is InChI=1S/C15H24N4O2/c1-12-10-14(4-5-15(12)19(20)21)16-11-13(2)18-8-6-17(3)7-9-18/h4-5,10,13,16H,6-9,11H2,1-3H3. The summed E-state index contributed by atoms with van der Waals surface area (Å²) < 4.78 is 0. The summed E-state index contributed by atoms with van der Waals surface area (Å²) in [6.45, 7) is 9.25. The number of hydrogen-bond donors (Lipinski definition) is 1. The third kappa shape index (κ3) is 4.15. The summed E-state index contributed by atoms with van der Waals surface area (Å²) in [6.07, 6.45) is 0. The molecule has 0 radical (unpaired) electrons. The highest BCUT2D eigenvalue weighted by molar-refractivity contribution is 5.53. The van der Waals surface area contributed by atoms with Crippen molar-refractivity contribution in [3.63, 3.8) is 0 Å². The molecule has 1 aliphatic rings. The SMILES string of the molecule is Cc1cc(NCC(C)N2CCN(C)CC2)ccc1[N+](=O)[O-]. The van der Waals surface area contributed by atoms with Gasteiger partial charge in [0.2, 0.25) is 0 Å². The van der Waals surface area contributed by atoms with Crippen LogP contribution in [-0.4, -0.2) is 60.5 Å². The number of nitro benzene ring substituents is 1. The Kier molecular flexibility index (Phi) is 5.14. The molecule has 0 spiro atoms. The molecule has 21 heavy (non-hydrogen) atoms. The predicted octanol–water partition coefficient (Wildman–Crippen LogP) is 1.95. The first-order valence-corrected chi connectivity index (χ1v) is 7.39. The molecule has 1 atom stereocenters. The van der Waals surface area contributed by atoms with Gasteiger partial charge in [-0.3, -0.25) is 15.0 Å². The van der Waals surface area contributed by atoms with Crippen molar-refractivity contribution in [3.05, 3.63) is 33.9 Å². The minimum absolute atomic E-state index is 0.174. The van der Waals surface area contributed by atoms with Gasteiger partial charge in [0.25, 0.3) is 5.69 Å². The van der Waals surface area contributed by atoms with E-state index < -0.39 is 0 Å². The maximum absolute atomic E-state index is 10.8. The van der Waals surface area contributed by atoms with Gasteiger partial charge in [0.05, 0.1) is 4.92 Å². The highest BCUT2D eigenvalue weighted by Crippen LogP contribution is 2.21. The van der Waals surface area contributed by atoms with Crippen molar-refractivity contribution in [1.82, 2.24) is 9.80 Å². The molecule has 1 N–H and O–H groups in total. The molecule has 2 rings (SSSR count). The molecule has 0 saturated carbocycles. The largest absolute Gasteiger partial charge is 0.383 e. The van der Waals surface area contributed by atoms with E-state index in [-0.39, 0.29) is 10.6 Å². The molecule has 6 heteroatoms. The lowest BCUT2D eigenvalue weighted by atomic mass is 10.1. The van der Waals surface area contributed by atoms with Gasteiger partial charge in [-0.05, 0) is 33.0 Å². The van der Waals surface area contributed by atoms with E-state index in [1.54, 1.807) is 19.1 Å². The maximum atomic E-state index is 10.8. The molecule has 0 aliphatic carbocycles. The summed E-state index contributed by atoms with van der Waals surface area (Å²) in [5, 5.41) is 14.2. The third-order valence-corrected chi connectivity index (χ3v) is 4.16. The average Bonchev–Trinajstić information content (AvgIpc) is 2.45. The van der Waals surface area contributed by atoms with Gasteiger partial charge in [-0.25, -0.2) is 0 Å². The molecule has 6 nitrogen and oxygen atoms in total. The van der Waals surface area contributed by atoms with E-state index >= 15 is 0 Å². The van der Waals surface area contributed by atoms with E-state index in [1.807, 2.05) is 6.07 Å². The van der Waals surface area contributed by atoms with Crippen LogP contribution in [0.15, 0.2) is 18.2 Å². The Morgan fingerprint density at radius 1 is 1.33 bits per heavy atom. The summed E-state index contributed by atoms with van der Waals surface area (Å²) in [7, 11) is 2.15. The van der Waals surface area contributed by atoms with Crippen molar-refractivity contribution in [2.75, 3.05) is 45.1 Å². The van der Waals surface area contributed by atoms with Crippen molar-refractivity contribution in [3.8, 4) is 0 Å². The third-order valence-electron chi connectivity index (χ3n) is 4.16. The zero-order chi connectivity index (χ0) is 15.4. The van der Waals surface area contributed by atoms with Gasteiger partial charge in [0, 0.05) is 56.1 Å². The Balaban J connectivity index is 1.88. The number of aryl methyl sites for hydroxylation is 1. The Morgan fingerprint density at radius 2 is 2.00 bits per heavy atom. The lowest BCUT2D eigenvalue weighted by Gasteiger charge is -2.36. The quantitative estimate of drug-likeness (QED) is 0.664. The molecule has 0 aromatic heterocycles. The Morgan fingerprint density at radius 3 is 2.57 bits per heavy atom. The minimum Gasteiger partial charge on any atom is -0.383 e. The van der Waals surface area contributed by atoms with E-state index in [2.05, 4.69) is 29.1 Å². The van der Waals surface area contributed by atoms with Gasteiger partial charge in [0.15, 0.2) is 0 Å². The van der Waals surface area contributed by atoms with Crippen molar-refractivity contribution >= 4 is 11.4 Å². The van der Waals surface area contributed by atoms with Crippen LogP contribution >= 0.6 is 0 Å². The number of rotatable bonds is 5. The Bertz CT molecular complexity index is 498. The lowest BCUT2D eigenvalue weighted by Crippen LogP contribution is -2.49. The number of piperazine rings is 1. The molecular weight excluding hydrogens is 268 g/mol. The molecule has 1 heterocycles. The van der Waals surface area contributed by atoms with Gasteiger partial charge < -0.3 is 10.2 Å². The first-order chi connectivity index (χ1) is 9.97. The zero-order valence-electron chi connectivity index (χ0n) is 13.0. The number of anilines is 1. The first kappa shape index (κ1) is 15.7. The molecule has 0 amide bonds. The van der Waals surface area contributed by atoms with Crippen molar-refractivity contribution < 1.29 is 4.92 Å². The highest BCUT2D eigenvalue weighted by Gasteiger charge is 2.19. The van der Waals surface area contributed by atoms with Gasteiger partial charge >= 0.3 is 0 Å². The Hall–Kier alpha value is -1.66. The number of nitrogens with zero attached hydrogens (tertiary/aromatic N) is 3. The molecule has 1 aromatic carbocycles. The van der Waals surface area contributed by atoms with Gasteiger partial charge in [-0.1, -0.05) is 0 Å². The molecule has 116 valence electrons. The number of benzene rings is 1. The normalized spacial score (nSPS) is 18.4. The maximum Gasteiger partial charge on any atom is 0.272 e. The zero-order valence-corrected chi connectivity index (χ0v) is 13.0. The van der Waals surface area contributed by atoms with Crippen LogP contribution in [0.25, 0.3) is 0 Å². The monoisotopic (exact) mass is 292 g/mol. The second-order valence-corrected chi connectivity index (χ2v) is 5.83. The fourth-order valence-electron chi connectivity index (χ4n) is 2.63. The fourth-order valence-corrected chi connectivity index (χ4v) is 2.63. The molecule has 1 saturated heterocycles. The van der Waals surface area contributed by atoms with E-state index in [0.29, 0.717) is 11.6 Å². The van der Waals surface area contributed by atoms with E-state index in [1.165, 1.54) is 0 Å². The van der Waals surface area contributed by atoms with Crippen LogP contribution in [0.4, 0.5) is 11.4 Å². The summed E-state index contributed by atoms with van der Waals surface area (Å²) in [4.78, 5) is 15.3. The number of nitrogens with one attached hydrogen (secondary N) is 1. The summed E-state index contributed by atoms with van der Waals surface area (Å²) >= 11 is 0. The van der Waals surface area contributed by atoms with Crippen LogP contribution in [0, 0.1) is 17.0 Å². The van der Waals surface area contributed by atoms with Crippen LogP contribution in [0.3, 0.4) is 0 Å². The molecular formula is C15H24N4O2. The fraction of sp³-hybridized carbons (Fsp3) is 0.600. The van der Waals surface area contributed by atoms with Gasteiger partial charge in [-0.15, -0.1) is 0 Å². The molecule has 1 fully saturated rings. The second-order valence-electron chi connectivity index (χ2n) is 5.83. The molecule has 1 aliphatic heterocycles. The topological polar surface area (TPSA) is 61.6 Å². The van der Waals surface area contributed by atoms with Crippen LogP contribution in [0.2, 0.25) is 0 Å².